The van der Waals surface area contributed by atoms with Gasteiger partial charge in [-0.2, -0.15) is 0 Å². The van der Waals surface area contributed by atoms with E-state index < -0.39 is 5.97 Å². The lowest BCUT2D eigenvalue weighted by Crippen LogP contribution is -2.35. The van der Waals surface area contributed by atoms with Crippen LogP contribution in [0.1, 0.15) is 24.4 Å². The van der Waals surface area contributed by atoms with Gasteiger partial charge in [-0.15, -0.1) is 0 Å². The van der Waals surface area contributed by atoms with Gasteiger partial charge >= 0.3 is 5.97 Å². The molecule has 2 heterocycles. The van der Waals surface area contributed by atoms with Gasteiger partial charge in [0.05, 0.1) is 5.92 Å². The van der Waals surface area contributed by atoms with E-state index in [1.54, 1.807) is 18.5 Å². The molecule has 2 atom stereocenters. The van der Waals surface area contributed by atoms with Crippen LogP contribution in [-0.2, 0) is 4.79 Å². The minimum Gasteiger partial charge on any atom is -0.481 e. The summed E-state index contributed by atoms with van der Waals surface area (Å²) >= 11 is 6.06. The number of carboxylic acids is 1. The number of nitrogens with zero attached hydrogens (tertiary/aromatic N) is 1. The van der Waals surface area contributed by atoms with Crippen LogP contribution in [0.5, 0.6) is 0 Å². The van der Waals surface area contributed by atoms with Crippen LogP contribution in [0.3, 0.4) is 0 Å². The molecule has 1 aliphatic heterocycles. The Labute approximate surface area is 98.6 Å². The van der Waals surface area contributed by atoms with Crippen molar-refractivity contribution in [1.29, 1.82) is 0 Å². The third-order valence-corrected chi connectivity index (χ3v) is 3.27. The number of hydrogen-bond donors (Lipinski definition) is 2. The molecule has 2 unspecified atom stereocenters. The monoisotopic (exact) mass is 240 g/mol. The van der Waals surface area contributed by atoms with Crippen LogP contribution in [0, 0.1) is 5.92 Å². The zero-order chi connectivity index (χ0) is 11.5. The molecule has 0 aromatic carbocycles. The number of nitrogens with one attached hydrogen (secondary N) is 1. The molecule has 2 N–H and O–H groups in total. The Morgan fingerprint density at radius 1 is 1.62 bits per heavy atom. The molecule has 0 aliphatic carbocycles. The molecule has 16 heavy (non-hydrogen) atoms. The lowest BCUT2D eigenvalue weighted by atomic mass is 9.89. The predicted octanol–water partition coefficient (Wildman–Crippen LogP) is 1.86. The number of rotatable bonds is 2. The summed E-state index contributed by atoms with van der Waals surface area (Å²) in [6.07, 6.45) is 4.57. The van der Waals surface area contributed by atoms with Crippen molar-refractivity contribution >= 4 is 17.6 Å². The Bertz CT molecular complexity index is 397. The summed E-state index contributed by atoms with van der Waals surface area (Å²) in [6, 6.07) is 1.72. The molecule has 1 aromatic heterocycles. The number of pyridine rings is 1. The van der Waals surface area contributed by atoms with Crippen LogP contribution in [0.15, 0.2) is 18.5 Å². The van der Waals surface area contributed by atoms with Gasteiger partial charge in [0.15, 0.2) is 0 Å². The highest BCUT2D eigenvalue weighted by Crippen LogP contribution is 2.30. The Morgan fingerprint density at radius 2 is 2.44 bits per heavy atom. The second-order valence-corrected chi connectivity index (χ2v) is 4.37. The maximum atomic E-state index is 10.9. The molecule has 5 heteroatoms. The quantitative estimate of drug-likeness (QED) is 0.828. The Kier molecular flexibility index (Phi) is 3.41. The van der Waals surface area contributed by atoms with Gasteiger partial charge in [0, 0.05) is 29.0 Å². The summed E-state index contributed by atoms with van der Waals surface area (Å²) in [5.74, 6) is -1.02. The topological polar surface area (TPSA) is 62.2 Å². The first kappa shape index (κ1) is 11.4. The van der Waals surface area contributed by atoms with E-state index in [9.17, 15) is 4.79 Å². The van der Waals surface area contributed by atoms with Crippen molar-refractivity contribution in [2.24, 2.45) is 5.92 Å². The van der Waals surface area contributed by atoms with Gasteiger partial charge in [-0.25, -0.2) is 0 Å². The largest absolute Gasteiger partial charge is 0.481 e. The van der Waals surface area contributed by atoms with Gasteiger partial charge in [-0.1, -0.05) is 11.6 Å². The van der Waals surface area contributed by atoms with Crippen molar-refractivity contribution in [2.75, 3.05) is 6.54 Å². The predicted molar refractivity (Wildman–Crippen MR) is 60.4 cm³/mol. The molecule has 0 spiro atoms. The van der Waals surface area contributed by atoms with Crippen molar-refractivity contribution in [3.05, 3.63) is 29.0 Å². The average Bonchev–Trinajstić information content (AvgIpc) is 2.30. The normalized spacial score (nSPS) is 25.3. The zero-order valence-corrected chi connectivity index (χ0v) is 9.44. The fraction of sp³-hybridized carbons (Fsp3) is 0.455. The lowest BCUT2D eigenvalue weighted by molar-refractivity contribution is -0.143. The first-order valence-corrected chi connectivity index (χ1v) is 5.62. The number of halogens is 1. The summed E-state index contributed by atoms with van der Waals surface area (Å²) in [6.45, 7) is 0.701. The number of hydrogen-bond acceptors (Lipinski definition) is 3. The van der Waals surface area contributed by atoms with Gasteiger partial charge in [0.1, 0.15) is 0 Å². The average molecular weight is 241 g/mol. The molecule has 1 saturated heterocycles. The molecule has 86 valence electrons. The number of carboxylic acid groups (broad SMARTS) is 1. The Hall–Kier alpha value is -1.13. The van der Waals surface area contributed by atoms with E-state index in [1.165, 1.54) is 0 Å². The van der Waals surface area contributed by atoms with Gasteiger partial charge < -0.3 is 10.4 Å². The first-order valence-electron chi connectivity index (χ1n) is 5.24. The van der Waals surface area contributed by atoms with E-state index >= 15 is 0 Å². The second kappa shape index (κ2) is 4.80. The first-order chi connectivity index (χ1) is 7.68. The Morgan fingerprint density at radius 3 is 3.12 bits per heavy atom. The van der Waals surface area contributed by atoms with E-state index in [2.05, 4.69) is 10.3 Å². The third kappa shape index (κ3) is 2.33. The molecule has 1 fully saturated rings. The highest BCUT2D eigenvalue weighted by atomic mass is 35.5. The van der Waals surface area contributed by atoms with E-state index in [1.807, 2.05) is 0 Å². The highest BCUT2D eigenvalue weighted by Gasteiger charge is 2.28. The molecule has 1 aromatic rings. The lowest BCUT2D eigenvalue weighted by Gasteiger charge is -2.28. The summed E-state index contributed by atoms with van der Waals surface area (Å²) in [7, 11) is 0. The summed E-state index contributed by atoms with van der Waals surface area (Å²) in [4.78, 5) is 15.0. The summed E-state index contributed by atoms with van der Waals surface area (Å²) in [5, 5.41) is 12.9. The summed E-state index contributed by atoms with van der Waals surface area (Å²) in [5.41, 5.74) is 0.884. The van der Waals surface area contributed by atoms with Gasteiger partial charge in [-0.05, 0) is 25.5 Å². The summed E-state index contributed by atoms with van der Waals surface area (Å²) < 4.78 is 0. The van der Waals surface area contributed by atoms with Crippen LogP contribution in [-0.4, -0.2) is 22.6 Å². The van der Waals surface area contributed by atoms with Crippen LogP contribution >= 0.6 is 11.6 Å². The minimum absolute atomic E-state index is 0.00366. The molecule has 2 rings (SSSR count). The molecule has 0 bridgehead atoms. The molecule has 0 saturated carbocycles. The Balaban J connectivity index is 2.16. The molecule has 1 aliphatic rings. The number of piperidine rings is 1. The van der Waals surface area contributed by atoms with E-state index in [-0.39, 0.29) is 12.0 Å². The number of aliphatic carboxylic acids is 1. The second-order valence-electron chi connectivity index (χ2n) is 3.96. The molecular formula is C11H13ClN2O2. The molecular weight excluding hydrogens is 228 g/mol. The number of carbonyl (C=O) groups is 1. The van der Waals surface area contributed by atoms with E-state index in [0.29, 0.717) is 24.4 Å². The van der Waals surface area contributed by atoms with E-state index in [4.69, 9.17) is 16.7 Å². The van der Waals surface area contributed by atoms with E-state index in [0.717, 1.165) is 5.56 Å². The maximum Gasteiger partial charge on any atom is 0.306 e. The van der Waals surface area contributed by atoms with Crippen LogP contribution < -0.4 is 5.32 Å². The van der Waals surface area contributed by atoms with Gasteiger partial charge in [-0.3, -0.25) is 9.78 Å². The smallest absolute Gasteiger partial charge is 0.306 e. The third-order valence-electron chi connectivity index (χ3n) is 2.92. The van der Waals surface area contributed by atoms with Crippen molar-refractivity contribution in [2.45, 2.75) is 18.9 Å². The van der Waals surface area contributed by atoms with Crippen LogP contribution in [0.2, 0.25) is 5.02 Å². The molecule has 0 amide bonds. The highest BCUT2D eigenvalue weighted by molar-refractivity contribution is 6.31. The minimum atomic E-state index is -0.730. The van der Waals surface area contributed by atoms with Crippen molar-refractivity contribution < 1.29 is 9.90 Å². The maximum absolute atomic E-state index is 10.9. The molecule has 4 nitrogen and oxygen atoms in total. The molecule has 0 radical (unpaired) electrons. The van der Waals surface area contributed by atoms with Crippen LogP contribution in [0.4, 0.5) is 0 Å². The standard InChI is InChI=1S/C11H13ClN2O2/c12-9-2-3-13-6-8(9)10-5-7(11(15)16)1-4-14-10/h2-3,6-7,10,14H,1,4-5H2,(H,15,16). The van der Waals surface area contributed by atoms with Crippen molar-refractivity contribution in [3.63, 3.8) is 0 Å². The fourth-order valence-electron chi connectivity index (χ4n) is 2.02. The van der Waals surface area contributed by atoms with Crippen LogP contribution in [0.25, 0.3) is 0 Å². The van der Waals surface area contributed by atoms with Gasteiger partial charge in [0.2, 0.25) is 0 Å². The van der Waals surface area contributed by atoms with Crippen molar-refractivity contribution in [1.82, 2.24) is 10.3 Å². The zero-order valence-electron chi connectivity index (χ0n) is 8.69. The number of aromatic nitrogens is 1. The SMILES string of the molecule is O=C(O)C1CCNC(c2cnccc2Cl)C1. The fourth-order valence-corrected chi connectivity index (χ4v) is 2.26. The van der Waals surface area contributed by atoms with Crippen molar-refractivity contribution in [3.8, 4) is 0 Å². The van der Waals surface area contributed by atoms with Gasteiger partial charge in [0.25, 0.3) is 0 Å².